The Labute approximate surface area is 117 Å². The van der Waals surface area contributed by atoms with Gasteiger partial charge in [-0.05, 0) is 5.56 Å². The summed E-state index contributed by atoms with van der Waals surface area (Å²) >= 11 is 0. The topological polar surface area (TPSA) is 72.5 Å². The van der Waals surface area contributed by atoms with E-state index in [1.807, 2.05) is 42.5 Å². The van der Waals surface area contributed by atoms with Crippen molar-refractivity contribution in [3.63, 3.8) is 0 Å². The molecule has 0 aliphatic heterocycles. The van der Waals surface area contributed by atoms with Gasteiger partial charge in [-0.15, -0.1) is 0 Å². The largest absolute Gasteiger partial charge is 0.496 e. The number of rotatable bonds is 5. The first-order valence-electron chi connectivity index (χ1n) is 6.33. The third-order valence-electron chi connectivity index (χ3n) is 3.13. The van der Waals surface area contributed by atoms with Gasteiger partial charge in [-0.3, -0.25) is 4.79 Å². The van der Waals surface area contributed by atoms with Crippen LogP contribution in [0.3, 0.4) is 0 Å². The molecule has 104 valence electrons. The molecule has 0 saturated carbocycles. The zero-order chi connectivity index (χ0) is 14.5. The maximum atomic E-state index is 10.8. The molecule has 20 heavy (non-hydrogen) atoms. The fourth-order valence-corrected chi connectivity index (χ4v) is 2.22. The number of ether oxygens (including phenoxy) is 1. The van der Waals surface area contributed by atoms with Gasteiger partial charge in [-0.2, -0.15) is 0 Å². The molecule has 0 amide bonds. The van der Waals surface area contributed by atoms with Gasteiger partial charge in [0.2, 0.25) is 0 Å². The molecule has 2 rings (SSSR count). The maximum absolute atomic E-state index is 10.8. The van der Waals surface area contributed by atoms with E-state index in [0.717, 1.165) is 11.1 Å². The van der Waals surface area contributed by atoms with Gasteiger partial charge < -0.3 is 15.6 Å². The van der Waals surface area contributed by atoms with E-state index in [9.17, 15) is 4.79 Å². The number of para-hydroxylation sites is 1. The second-order valence-electron chi connectivity index (χ2n) is 4.50. The summed E-state index contributed by atoms with van der Waals surface area (Å²) < 4.78 is 5.46. The van der Waals surface area contributed by atoms with E-state index in [0.29, 0.717) is 11.3 Å². The van der Waals surface area contributed by atoms with Crippen LogP contribution in [0.1, 0.15) is 18.0 Å². The van der Waals surface area contributed by atoms with Gasteiger partial charge in [0.15, 0.2) is 0 Å². The fourth-order valence-electron chi connectivity index (χ4n) is 2.22. The zero-order valence-electron chi connectivity index (χ0n) is 11.2. The van der Waals surface area contributed by atoms with Crippen molar-refractivity contribution in [2.75, 3.05) is 7.11 Å². The predicted octanol–water partition coefficient (Wildman–Crippen LogP) is 2.84. The summed E-state index contributed by atoms with van der Waals surface area (Å²) in [7, 11) is 1.57. The average molecular weight is 271 g/mol. The number of hydrogen-bond acceptors (Lipinski definition) is 3. The Hall–Kier alpha value is -2.33. The normalized spacial score (nSPS) is 11.9. The molecule has 0 aliphatic carbocycles. The second-order valence-corrected chi connectivity index (χ2v) is 4.50. The monoisotopic (exact) mass is 271 g/mol. The van der Waals surface area contributed by atoms with Crippen molar-refractivity contribution in [3.05, 3.63) is 54.1 Å². The van der Waals surface area contributed by atoms with E-state index in [2.05, 4.69) is 0 Å². The average Bonchev–Trinajstić information content (AvgIpc) is 2.46. The van der Waals surface area contributed by atoms with Crippen LogP contribution in [0.2, 0.25) is 0 Å². The van der Waals surface area contributed by atoms with Crippen molar-refractivity contribution in [2.45, 2.75) is 12.5 Å². The van der Waals surface area contributed by atoms with E-state index in [4.69, 9.17) is 15.6 Å². The molecule has 0 aromatic heterocycles. The molecule has 0 bridgehead atoms. The smallest absolute Gasteiger partial charge is 0.305 e. The number of hydrogen-bond donors (Lipinski definition) is 2. The number of benzene rings is 2. The van der Waals surface area contributed by atoms with Gasteiger partial charge in [-0.25, -0.2) is 0 Å². The minimum Gasteiger partial charge on any atom is -0.496 e. The van der Waals surface area contributed by atoms with Gasteiger partial charge in [0, 0.05) is 17.2 Å². The highest BCUT2D eigenvalue weighted by atomic mass is 16.5. The van der Waals surface area contributed by atoms with Crippen LogP contribution >= 0.6 is 0 Å². The number of nitrogens with two attached hydrogens (primary N) is 1. The molecule has 1 unspecified atom stereocenters. The van der Waals surface area contributed by atoms with Gasteiger partial charge in [0.25, 0.3) is 0 Å². The first-order chi connectivity index (χ1) is 9.63. The van der Waals surface area contributed by atoms with Crippen LogP contribution < -0.4 is 10.5 Å². The Morgan fingerprint density at radius 2 is 1.90 bits per heavy atom. The molecule has 0 fully saturated rings. The lowest BCUT2D eigenvalue weighted by atomic mass is 9.96. The lowest BCUT2D eigenvalue weighted by molar-refractivity contribution is -0.137. The molecule has 3 N–H and O–H groups in total. The third kappa shape index (κ3) is 2.97. The first-order valence-corrected chi connectivity index (χ1v) is 6.33. The van der Waals surface area contributed by atoms with Crippen molar-refractivity contribution >= 4 is 5.97 Å². The van der Waals surface area contributed by atoms with Gasteiger partial charge in [0.05, 0.1) is 13.5 Å². The Bertz CT molecular complexity index is 596. The molecule has 1 atom stereocenters. The molecule has 0 heterocycles. The quantitative estimate of drug-likeness (QED) is 0.877. The lowest BCUT2D eigenvalue weighted by Gasteiger charge is -2.17. The molecular formula is C16H17NO3. The van der Waals surface area contributed by atoms with Crippen LogP contribution in [0.15, 0.2) is 48.5 Å². The highest BCUT2D eigenvalue weighted by Gasteiger charge is 2.18. The number of aliphatic carboxylic acids is 1. The van der Waals surface area contributed by atoms with Crippen LogP contribution in [0.4, 0.5) is 0 Å². The highest BCUT2D eigenvalue weighted by Crippen LogP contribution is 2.36. The van der Waals surface area contributed by atoms with E-state index in [1.54, 1.807) is 13.2 Å². The van der Waals surface area contributed by atoms with Crippen LogP contribution in [-0.2, 0) is 4.79 Å². The summed E-state index contributed by atoms with van der Waals surface area (Å²) in [5.74, 6) is -0.294. The van der Waals surface area contributed by atoms with Crippen LogP contribution in [-0.4, -0.2) is 18.2 Å². The Balaban J connectivity index is 2.48. The zero-order valence-corrected chi connectivity index (χ0v) is 11.2. The standard InChI is InChI=1S/C16H17NO3/c1-20-16-12(11-6-3-2-4-7-11)8-5-9-13(16)14(17)10-15(18)19/h2-9,14H,10,17H2,1H3,(H,18,19). The molecular weight excluding hydrogens is 254 g/mol. The molecule has 4 nitrogen and oxygen atoms in total. The molecule has 2 aromatic carbocycles. The lowest BCUT2D eigenvalue weighted by Crippen LogP contribution is -2.16. The van der Waals surface area contributed by atoms with E-state index in [1.165, 1.54) is 0 Å². The predicted molar refractivity (Wildman–Crippen MR) is 77.6 cm³/mol. The molecule has 4 heteroatoms. The van der Waals surface area contributed by atoms with E-state index >= 15 is 0 Å². The van der Waals surface area contributed by atoms with E-state index in [-0.39, 0.29) is 6.42 Å². The van der Waals surface area contributed by atoms with Gasteiger partial charge >= 0.3 is 5.97 Å². The molecule has 0 spiro atoms. The summed E-state index contributed by atoms with van der Waals surface area (Å²) in [6.45, 7) is 0. The summed E-state index contributed by atoms with van der Waals surface area (Å²) in [5, 5.41) is 8.87. The van der Waals surface area contributed by atoms with E-state index < -0.39 is 12.0 Å². The summed E-state index contributed by atoms with van der Waals surface area (Å²) in [4.78, 5) is 10.8. The Morgan fingerprint density at radius 3 is 2.50 bits per heavy atom. The van der Waals surface area contributed by atoms with Gasteiger partial charge in [0.1, 0.15) is 5.75 Å². The third-order valence-corrected chi connectivity index (χ3v) is 3.13. The first kappa shape index (κ1) is 14.1. The van der Waals surface area contributed by atoms with Gasteiger partial charge in [-0.1, -0.05) is 48.5 Å². The number of methoxy groups -OCH3 is 1. The summed E-state index contributed by atoms with van der Waals surface area (Å²) in [5.41, 5.74) is 8.58. The number of carboxylic acids is 1. The fraction of sp³-hybridized carbons (Fsp3) is 0.188. The maximum Gasteiger partial charge on any atom is 0.305 e. The van der Waals surface area contributed by atoms with Crippen molar-refractivity contribution in [3.8, 4) is 16.9 Å². The Morgan fingerprint density at radius 1 is 1.20 bits per heavy atom. The summed E-state index contributed by atoms with van der Waals surface area (Å²) in [6, 6.07) is 14.8. The van der Waals surface area contributed by atoms with Crippen molar-refractivity contribution < 1.29 is 14.6 Å². The van der Waals surface area contributed by atoms with Crippen LogP contribution in [0, 0.1) is 0 Å². The van der Waals surface area contributed by atoms with Crippen LogP contribution in [0.5, 0.6) is 5.75 Å². The van der Waals surface area contributed by atoms with Crippen molar-refractivity contribution in [1.29, 1.82) is 0 Å². The Kier molecular flexibility index (Phi) is 4.38. The number of carboxylic acid groups (broad SMARTS) is 1. The molecule has 0 radical (unpaired) electrons. The van der Waals surface area contributed by atoms with Crippen molar-refractivity contribution in [2.24, 2.45) is 5.73 Å². The highest BCUT2D eigenvalue weighted by molar-refractivity contribution is 5.73. The SMILES string of the molecule is COc1c(-c2ccccc2)cccc1C(N)CC(=O)O. The number of carbonyl (C=O) groups is 1. The summed E-state index contributed by atoms with van der Waals surface area (Å²) in [6.07, 6.45) is -0.130. The minimum atomic E-state index is -0.926. The molecule has 0 aliphatic rings. The minimum absolute atomic E-state index is 0.130. The van der Waals surface area contributed by atoms with Crippen LogP contribution in [0.25, 0.3) is 11.1 Å². The molecule has 0 saturated heterocycles. The molecule has 2 aromatic rings. The second kappa shape index (κ2) is 6.21. The van der Waals surface area contributed by atoms with Crippen molar-refractivity contribution in [1.82, 2.24) is 0 Å².